The van der Waals surface area contributed by atoms with Crippen molar-refractivity contribution < 1.29 is 14.3 Å². The van der Waals surface area contributed by atoms with Crippen molar-refractivity contribution in [3.8, 4) is 0 Å². The highest BCUT2D eigenvalue weighted by Gasteiger charge is 2.61. The number of halogens is 1. The number of esters is 1. The van der Waals surface area contributed by atoms with Gasteiger partial charge in [-0.2, -0.15) is 0 Å². The summed E-state index contributed by atoms with van der Waals surface area (Å²) in [6.45, 7) is 6.22. The van der Waals surface area contributed by atoms with Gasteiger partial charge in [-0.15, -0.1) is 0 Å². The van der Waals surface area contributed by atoms with Gasteiger partial charge in [0.15, 0.2) is 5.78 Å². The summed E-state index contributed by atoms with van der Waals surface area (Å²) in [6.07, 6.45) is 2.32. The normalized spacial score (nSPS) is 36.5. The molecule has 0 spiro atoms. The van der Waals surface area contributed by atoms with E-state index in [-0.39, 0.29) is 11.8 Å². The second kappa shape index (κ2) is 4.93. The molecular formula is C13H20BrNO3. The van der Waals surface area contributed by atoms with Crippen molar-refractivity contribution >= 4 is 27.7 Å². The minimum atomic E-state index is -0.938. The lowest BCUT2D eigenvalue weighted by Gasteiger charge is -2.50. The average Bonchev–Trinajstić information content (AvgIpc) is 2.32. The second-order valence-electron chi connectivity index (χ2n) is 5.25. The maximum atomic E-state index is 12.7. The van der Waals surface area contributed by atoms with Crippen LogP contribution in [0, 0.1) is 5.41 Å². The molecule has 0 radical (unpaired) electrons. The molecule has 0 unspecified atom stereocenters. The fraction of sp³-hybridized carbons (Fsp3) is 0.846. The van der Waals surface area contributed by atoms with Crippen molar-refractivity contribution in [3.63, 3.8) is 0 Å². The number of alkyl halides is 1. The predicted molar refractivity (Wildman–Crippen MR) is 71.7 cm³/mol. The predicted octanol–water partition coefficient (Wildman–Crippen LogP) is 1.76. The van der Waals surface area contributed by atoms with Gasteiger partial charge in [-0.05, 0) is 32.7 Å². The molecule has 2 aliphatic rings. The van der Waals surface area contributed by atoms with Gasteiger partial charge in [0.05, 0.1) is 10.9 Å². The van der Waals surface area contributed by atoms with Crippen molar-refractivity contribution in [2.24, 2.45) is 5.41 Å². The zero-order valence-corrected chi connectivity index (χ0v) is 12.6. The van der Waals surface area contributed by atoms with E-state index in [1.807, 2.05) is 0 Å². The van der Waals surface area contributed by atoms with E-state index in [1.165, 1.54) is 0 Å². The van der Waals surface area contributed by atoms with E-state index in [1.54, 1.807) is 6.92 Å². The number of ether oxygens (including phenoxy) is 1. The highest BCUT2D eigenvalue weighted by molar-refractivity contribution is 9.10. The molecule has 0 aromatic carbocycles. The van der Waals surface area contributed by atoms with Gasteiger partial charge in [-0.25, -0.2) is 0 Å². The van der Waals surface area contributed by atoms with Crippen LogP contribution < -0.4 is 0 Å². The summed E-state index contributed by atoms with van der Waals surface area (Å²) in [7, 11) is 0. The Morgan fingerprint density at radius 3 is 2.72 bits per heavy atom. The molecule has 2 atom stereocenters. The molecule has 5 heteroatoms. The number of hydrogen-bond acceptors (Lipinski definition) is 4. The summed E-state index contributed by atoms with van der Waals surface area (Å²) in [5.41, 5.74) is -0.938. The van der Waals surface area contributed by atoms with E-state index < -0.39 is 9.74 Å². The smallest absolute Gasteiger partial charge is 0.321 e. The lowest BCUT2D eigenvalue weighted by Crippen LogP contribution is -2.66. The number of rotatable bonds is 3. The number of carbonyl (C=O) groups is 2. The van der Waals surface area contributed by atoms with Crippen LogP contribution in [0.2, 0.25) is 0 Å². The van der Waals surface area contributed by atoms with Crippen LogP contribution in [0.5, 0.6) is 0 Å². The number of likely N-dealkylation sites (tertiary alicyclic amines) is 1. The minimum absolute atomic E-state index is 0.0319. The van der Waals surface area contributed by atoms with Crippen LogP contribution in [0.4, 0.5) is 0 Å². The van der Waals surface area contributed by atoms with Gasteiger partial charge >= 0.3 is 5.97 Å². The Kier molecular flexibility index (Phi) is 3.83. The summed E-state index contributed by atoms with van der Waals surface area (Å²) in [5.74, 6) is -0.305. The molecule has 0 N–H and O–H groups in total. The zero-order valence-electron chi connectivity index (χ0n) is 11.0. The molecule has 0 aromatic heterocycles. The van der Waals surface area contributed by atoms with E-state index >= 15 is 0 Å². The lowest BCUT2D eigenvalue weighted by atomic mass is 9.65. The van der Waals surface area contributed by atoms with Crippen molar-refractivity contribution in [2.75, 3.05) is 26.2 Å². The van der Waals surface area contributed by atoms with Crippen LogP contribution in [0.15, 0.2) is 0 Å². The molecule has 2 bridgehead atoms. The Bertz CT molecular complexity index is 373. The molecule has 1 aliphatic carbocycles. The standard InChI is InChI=1S/C13H20BrNO3/c1-3-15-8-12(11(17)18-4-2)6-5-7-13(14,9-15)10(12)16/h3-9H2,1-2H3/t12-,13+/m1/s1. The van der Waals surface area contributed by atoms with Crippen molar-refractivity contribution in [1.82, 2.24) is 4.90 Å². The topological polar surface area (TPSA) is 46.6 Å². The third kappa shape index (κ3) is 2.01. The van der Waals surface area contributed by atoms with Gasteiger partial charge in [-0.1, -0.05) is 22.9 Å². The third-order valence-corrected chi connectivity index (χ3v) is 5.11. The van der Waals surface area contributed by atoms with Crippen molar-refractivity contribution in [2.45, 2.75) is 37.4 Å². The minimum Gasteiger partial charge on any atom is -0.465 e. The Morgan fingerprint density at radius 1 is 1.39 bits per heavy atom. The lowest BCUT2D eigenvalue weighted by molar-refractivity contribution is -0.168. The third-order valence-electron chi connectivity index (χ3n) is 4.10. The first kappa shape index (κ1) is 14.0. The summed E-state index contributed by atoms with van der Waals surface area (Å²) in [4.78, 5) is 27.1. The fourth-order valence-corrected chi connectivity index (χ4v) is 4.19. The number of ketones is 1. The van der Waals surface area contributed by atoms with Crippen LogP contribution >= 0.6 is 15.9 Å². The van der Waals surface area contributed by atoms with E-state index in [9.17, 15) is 9.59 Å². The van der Waals surface area contributed by atoms with Gasteiger partial charge in [0.25, 0.3) is 0 Å². The number of carbonyl (C=O) groups excluding carboxylic acids is 2. The highest BCUT2D eigenvalue weighted by Crippen LogP contribution is 2.48. The fourth-order valence-electron chi connectivity index (χ4n) is 3.17. The molecule has 2 rings (SSSR count). The molecule has 1 saturated carbocycles. The average molecular weight is 318 g/mol. The molecule has 2 fully saturated rings. The number of nitrogens with zero attached hydrogens (tertiary/aromatic N) is 1. The van der Waals surface area contributed by atoms with Gasteiger partial charge in [0, 0.05) is 13.1 Å². The van der Waals surface area contributed by atoms with Crippen molar-refractivity contribution in [1.29, 1.82) is 0 Å². The Morgan fingerprint density at radius 2 is 2.11 bits per heavy atom. The summed E-state index contributed by atoms with van der Waals surface area (Å²) in [5, 5.41) is 0. The zero-order chi connectivity index (χ0) is 13.4. The van der Waals surface area contributed by atoms with Crippen LogP contribution in [0.25, 0.3) is 0 Å². The molecule has 1 aliphatic heterocycles. The second-order valence-corrected chi connectivity index (χ2v) is 6.77. The van der Waals surface area contributed by atoms with Gasteiger partial charge in [0.2, 0.25) is 0 Å². The maximum Gasteiger partial charge on any atom is 0.321 e. The quantitative estimate of drug-likeness (QED) is 0.452. The Labute approximate surface area is 116 Å². The largest absolute Gasteiger partial charge is 0.465 e. The summed E-state index contributed by atoms with van der Waals surface area (Å²) >= 11 is 3.59. The summed E-state index contributed by atoms with van der Waals surface area (Å²) < 4.78 is 4.61. The molecule has 0 amide bonds. The molecule has 1 saturated heterocycles. The first-order valence-corrected chi connectivity index (χ1v) is 7.41. The van der Waals surface area contributed by atoms with Crippen LogP contribution in [0.3, 0.4) is 0 Å². The van der Waals surface area contributed by atoms with E-state index in [0.717, 1.165) is 19.4 Å². The molecule has 102 valence electrons. The number of piperidine rings is 1. The SMILES string of the molecule is CCOC(=O)[C@]12CCC[C@](Br)(CN(CC)C1)C2=O. The van der Waals surface area contributed by atoms with Crippen molar-refractivity contribution in [3.05, 3.63) is 0 Å². The van der Waals surface area contributed by atoms with Gasteiger partial charge in [-0.3, -0.25) is 9.59 Å². The van der Waals surface area contributed by atoms with E-state index in [0.29, 0.717) is 26.1 Å². The van der Waals surface area contributed by atoms with E-state index in [4.69, 9.17) is 4.74 Å². The highest BCUT2D eigenvalue weighted by atomic mass is 79.9. The maximum absolute atomic E-state index is 12.7. The monoisotopic (exact) mass is 317 g/mol. The molecular weight excluding hydrogens is 298 g/mol. The number of hydrogen-bond donors (Lipinski definition) is 0. The first-order valence-electron chi connectivity index (χ1n) is 6.62. The first-order chi connectivity index (χ1) is 8.48. The van der Waals surface area contributed by atoms with Crippen LogP contribution in [-0.2, 0) is 14.3 Å². The summed E-state index contributed by atoms with van der Waals surface area (Å²) in [6, 6.07) is 0. The van der Waals surface area contributed by atoms with Gasteiger partial charge in [0.1, 0.15) is 5.41 Å². The van der Waals surface area contributed by atoms with Crippen LogP contribution in [-0.4, -0.2) is 47.2 Å². The molecule has 4 nitrogen and oxygen atoms in total. The van der Waals surface area contributed by atoms with E-state index in [2.05, 4.69) is 27.8 Å². The van der Waals surface area contributed by atoms with Gasteiger partial charge < -0.3 is 9.64 Å². The number of Topliss-reactive ketones (excluding diaryl/α,β-unsaturated/α-hetero) is 1. The number of fused-ring (bicyclic) bond motifs is 2. The Hall–Kier alpha value is -0.420. The molecule has 1 heterocycles. The molecule has 18 heavy (non-hydrogen) atoms. The molecule has 0 aromatic rings. The Balaban J connectivity index is 2.35. The van der Waals surface area contributed by atoms with Crippen LogP contribution in [0.1, 0.15) is 33.1 Å².